The van der Waals surface area contributed by atoms with Crippen LogP contribution < -0.4 is 10.0 Å². The van der Waals surface area contributed by atoms with Gasteiger partial charge in [-0.2, -0.15) is 0 Å². The Morgan fingerprint density at radius 1 is 0.960 bits per heavy atom. The highest BCUT2D eigenvalue weighted by atomic mass is 32.2. The minimum atomic E-state index is -3.58. The number of hydrogen-bond donors (Lipinski definition) is 2. The van der Waals surface area contributed by atoms with Crippen LogP contribution >= 0.6 is 0 Å². The van der Waals surface area contributed by atoms with Gasteiger partial charge in [-0.15, -0.1) is 0 Å². The van der Waals surface area contributed by atoms with Gasteiger partial charge in [0.2, 0.25) is 0 Å². The number of sulfonamides is 1. The zero-order chi connectivity index (χ0) is 18.4. The third-order valence-electron chi connectivity index (χ3n) is 3.87. The maximum Gasteiger partial charge on any atom is 0.262 e. The third kappa shape index (κ3) is 5.76. The smallest absolute Gasteiger partial charge is 0.262 e. The van der Waals surface area contributed by atoms with Gasteiger partial charge in [0.1, 0.15) is 0 Å². The fourth-order valence-electron chi connectivity index (χ4n) is 2.60. The second-order valence-electron chi connectivity index (χ2n) is 6.54. The van der Waals surface area contributed by atoms with Gasteiger partial charge in [-0.3, -0.25) is 4.72 Å². The molecule has 0 aliphatic heterocycles. The van der Waals surface area contributed by atoms with Gasteiger partial charge in [-0.05, 0) is 76.8 Å². The molecule has 0 heterocycles. The number of anilines is 2. The normalized spacial score (nSPS) is 11.6. The van der Waals surface area contributed by atoms with Crippen LogP contribution in [-0.2, 0) is 10.0 Å². The lowest BCUT2D eigenvalue weighted by Gasteiger charge is -2.13. The molecule has 2 aromatic rings. The fraction of sp³-hybridized carbons (Fsp3) is 0.368. The van der Waals surface area contributed by atoms with E-state index in [-0.39, 0.29) is 0 Å². The first-order chi connectivity index (χ1) is 11.8. The second-order valence-corrected chi connectivity index (χ2v) is 8.19. The van der Waals surface area contributed by atoms with Crippen molar-refractivity contribution in [3.63, 3.8) is 0 Å². The van der Waals surface area contributed by atoms with E-state index in [0.29, 0.717) is 10.6 Å². The van der Waals surface area contributed by atoms with Crippen LogP contribution in [0.3, 0.4) is 0 Å². The number of nitrogens with zero attached hydrogens (tertiary/aromatic N) is 1. The van der Waals surface area contributed by atoms with Crippen molar-refractivity contribution in [2.24, 2.45) is 0 Å². The van der Waals surface area contributed by atoms with Gasteiger partial charge in [0, 0.05) is 17.9 Å². The topological polar surface area (TPSA) is 61.4 Å². The van der Waals surface area contributed by atoms with Gasteiger partial charge < -0.3 is 10.2 Å². The maximum atomic E-state index is 12.6. The molecule has 6 heteroatoms. The molecule has 2 N–H and O–H groups in total. The molecule has 0 spiro atoms. The molecule has 2 aromatic carbocycles. The molecule has 0 radical (unpaired) electrons. The molecule has 0 amide bonds. The average molecular weight is 362 g/mol. The van der Waals surface area contributed by atoms with E-state index in [4.69, 9.17) is 0 Å². The molecular formula is C19H27N3O2S. The standard InChI is InChI=1S/C19H27N3O2S/c1-15-6-11-19(16(2)14-15)25(23,24)21-18-9-7-17(8-10-18)20-12-5-13-22(3)4/h6-11,14,20-21H,5,12-13H2,1-4H3. The highest BCUT2D eigenvalue weighted by Gasteiger charge is 2.16. The van der Waals surface area contributed by atoms with Crippen LogP contribution in [0.15, 0.2) is 47.4 Å². The van der Waals surface area contributed by atoms with Crippen molar-refractivity contribution in [2.45, 2.75) is 25.2 Å². The summed E-state index contributed by atoms with van der Waals surface area (Å²) in [7, 11) is 0.525. The fourth-order valence-corrected chi connectivity index (χ4v) is 3.88. The van der Waals surface area contributed by atoms with Gasteiger partial charge in [-0.25, -0.2) is 8.42 Å². The maximum absolute atomic E-state index is 12.6. The largest absolute Gasteiger partial charge is 0.385 e. The van der Waals surface area contributed by atoms with E-state index in [0.717, 1.165) is 36.3 Å². The van der Waals surface area contributed by atoms with E-state index in [2.05, 4.69) is 29.0 Å². The zero-order valence-electron chi connectivity index (χ0n) is 15.3. The van der Waals surface area contributed by atoms with Crippen LogP contribution in [0.4, 0.5) is 11.4 Å². The minimum absolute atomic E-state index is 0.309. The number of rotatable bonds is 8. The first kappa shape index (κ1) is 19.3. The van der Waals surface area contributed by atoms with Crippen molar-refractivity contribution in [2.75, 3.05) is 37.2 Å². The van der Waals surface area contributed by atoms with Crippen LogP contribution in [-0.4, -0.2) is 40.5 Å². The number of nitrogens with one attached hydrogen (secondary N) is 2. The monoisotopic (exact) mass is 361 g/mol. The molecule has 0 saturated carbocycles. The third-order valence-corrected chi connectivity index (χ3v) is 5.41. The summed E-state index contributed by atoms with van der Waals surface area (Å²) in [5.41, 5.74) is 3.32. The summed E-state index contributed by atoms with van der Waals surface area (Å²) in [6, 6.07) is 12.6. The Balaban J connectivity index is 2.00. The zero-order valence-corrected chi connectivity index (χ0v) is 16.2. The second kappa shape index (κ2) is 8.36. The van der Waals surface area contributed by atoms with Crippen LogP contribution in [0, 0.1) is 13.8 Å². The summed E-state index contributed by atoms with van der Waals surface area (Å²) in [6.07, 6.45) is 1.05. The van der Waals surface area contributed by atoms with Gasteiger partial charge in [0.15, 0.2) is 0 Å². The molecule has 0 aliphatic rings. The Bertz CT molecular complexity index is 800. The van der Waals surface area contributed by atoms with Crippen molar-refractivity contribution >= 4 is 21.4 Å². The SMILES string of the molecule is Cc1ccc(S(=O)(=O)Nc2ccc(NCCCN(C)C)cc2)c(C)c1. The summed E-state index contributed by atoms with van der Waals surface area (Å²) in [5.74, 6) is 0. The van der Waals surface area contributed by atoms with E-state index >= 15 is 0 Å². The Kier molecular flexibility index (Phi) is 6.45. The van der Waals surface area contributed by atoms with Crippen LogP contribution in [0.1, 0.15) is 17.5 Å². The summed E-state index contributed by atoms with van der Waals surface area (Å²) in [4.78, 5) is 2.45. The highest BCUT2D eigenvalue weighted by Crippen LogP contribution is 2.21. The van der Waals surface area contributed by atoms with Crippen LogP contribution in [0.25, 0.3) is 0 Å². The number of aryl methyl sites for hydroxylation is 2. The van der Waals surface area contributed by atoms with E-state index in [1.807, 2.05) is 38.1 Å². The van der Waals surface area contributed by atoms with Gasteiger partial charge >= 0.3 is 0 Å². The summed E-state index contributed by atoms with van der Waals surface area (Å²) < 4.78 is 27.8. The van der Waals surface area contributed by atoms with E-state index in [1.165, 1.54) is 0 Å². The highest BCUT2D eigenvalue weighted by molar-refractivity contribution is 7.92. The van der Waals surface area contributed by atoms with Crippen LogP contribution in [0.2, 0.25) is 0 Å². The molecule has 25 heavy (non-hydrogen) atoms. The van der Waals surface area contributed by atoms with E-state index < -0.39 is 10.0 Å². The van der Waals surface area contributed by atoms with Crippen molar-refractivity contribution in [1.82, 2.24) is 4.90 Å². The lowest BCUT2D eigenvalue weighted by Crippen LogP contribution is -2.16. The average Bonchev–Trinajstić information content (AvgIpc) is 2.52. The summed E-state index contributed by atoms with van der Waals surface area (Å²) in [6.45, 7) is 5.66. The lowest BCUT2D eigenvalue weighted by atomic mass is 10.2. The Hall–Kier alpha value is -2.05. The molecule has 0 saturated heterocycles. The van der Waals surface area contributed by atoms with E-state index in [1.54, 1.807) is 18.2 Å². The first-order valence-corrected chi connectivity index (χ1v) is 9.85. The molecular weight excluding hydrogens is 334 g/mol. The van der Waals surface area contributed by atoms with Crippen molar-refractivity contribution in [1.29, 1.82) is 0 Å². The quantitative estimate of drug-likeness (QED) is 0.707. The Morgan fingerprint density at radius 2 is 1.60 bits per heavy atom. The minimum Gasteiger partial charge on any atom is -0.385 e. The van der Waals surface area contributed by atoms with Crippen molar-refractivity contribution < 1.29 is 8.42 Å². The molecule has 2 rings (SSSR count). The Labute approximate surface area is 151 Å². The molecule has 0 bridgehead atoms. The summed E-state index contributed by atoms with van der Waals surface area (Å²) >= 11 is 0. The number of hydrogen-bond acceptors (Lipinski definition) is 4. The molecule has 0 unspecified atom stereocenters. The molecule has 0 fully saturated rings. The lowest BCUT2D eigenvalue weighted by molar-refractivity contribution is 0.405. The Morgan fingerprint density at radius 3 is 2.20 bits per heavy atom. The van der Waals surface area contributed by atoms with Gasteiger partial charge in [0.25, 0.3) is 10.0 Å². The molecule has 136 valence electrons. The van der Waals surface area contributed by atoms with Gasteiger partial charge in [0.05, 0.1) is 4.90 Å². The van der Waals surface area contributed by atoms with Crippen molar-refractivity contribution in [3.05, 3.63) is 53.6 Å². The number of benzene rings is 2. The predicted molar refractivity (Wildman–Crippen MR) is 105 cm³/mol. The van der Waals surface area contributed by atoms with Gasteiger partial charge in [-0.1, -0.05) is 17.7 Å². The van der Waals surface area contributed by atoms with Crippen LogP contribution in [0.5, 0.6) is 0 Å². The molecule has 0 aromatic heterocycles. The first-order valence-electron chi connectivity index (χ1n) is 8.37. The molecule has 0 atom stereocenters. The molecule has 5 nitrogen and oxygen atoms in total. The summed E-state index contributed by atoms with van der Waals surface area (Å²) in [5, 5.41) is 3.33. The van der Waals surface area contributed by atoms with Crippen molar-refractivity contribution in [3.8, 4) is 0 Å². The van der Waals surface area contributed by atoms with E-state index in [9.17, 15) is 8.42 Å². The predicted octanol–water partition coefficient (Wildman–Crippen LogP) is 3.47. The molecule has 0 aliphatic carbocycles.